The number of aliphatic hydroxyl groups is 4. The summed E-state index contributed by atoms with van der Waals surface area (Å²) in [5, 5.41) is 79.8. The lowest BCUT2D eigenvalue weighted by atomic mass is 9.90. The minimum atomic E-state index is -1.75. The average molecular weight is 448 g/mol. The molecular weight excluding hydrogens is 428 g/mol. The van der Waals surface area contributed by atoms with Gasteiger partial charge in [0.15, 0.2) is 28.3 Å². The molecule has 3 aromatic rings. The molecule has 0 amide bonds. The fourth-order valence-corrected chi connectivity index (χ4v) is 3.72. The standard InChI is InChI=1S/C21H20O11/c22-6-14-17(28)18(29)19(30)20(32-14)8-4-11(25)15-12(26)5-13(31-21(15)16(8)27)7-1-2-9(23)10(24)3-7/h1-5,14,17-20,22-25,27-30H,6H2. The molecule has 2 aromatic carbocycles. The van der Waals surface area contributed by atoms with Crippen LogP contribution < -0.4 is 5.43 Å². The summed E-state index contributed by atoms with van der Waals surface area (Å²) in [5.74, 6) is -2.30. The van der Waals surface area contributed by atoms with Gasteiger partial charge < -0.3 is 50.0 Å². The lowest BCUT2D eigenvalue weighted by Crippen LogP contribution is -2.55. The van der Waals surface area contributed by atoms with Crippen LogP contribution in [-0.2, 0) is 4.74 Å². The summed E-state index contributed by atoms with van der Waals surface area (Å²) < 4.78 is 11.0. The Balaban J connectivity index is 1.90. The fourth-order valence-electron chi connectivity index (χ4n) is 3.72. The van der Waals surface area contributed by atoms with Crippen molar-refractivity contribution in [3.8, 4) is 34.3 Å². The highest BCUT2D eigenvalue weighted by atomic mass is 16.5. The van der Waals surface area contributed by atoms with Gasteiger partial charge in [0, 0.05) is 17.2 Å². The second-order valence-electron chi connectivity index (χ2n) is 7.47. The second kappa shape index (κ2) is 7.97. The van der Waals surface area contributed by atoms with E-state index in [4.69, 9.17) is 9.15 Å². The molecule has 5 unspecified atom stereocenters. The summed E-state index contributed by atoms with van der Waals surface area (Å²) >= 11 is 0. The van der Waals surface area contributed by atoms with Gasteiger partial charge >= 0.3 is 0 Å². The fraction of sp³-hybridized carbons (Fsp3) is 0.286. The number of phenols is 4. The number of fused-ring (bicyclic) bond motifs is 1. The first-order valence-corrected chi connectivity index (χ1v) is 9.49. The Bertz CT molecular complexity index is 1230. The molecule has 1 fully saturated rings. The van der Waals surface area contributed by atoms with E-state index in [9.17, 15) is 45.6 Å². The van der Waals surface area contributed by atoms with Crippen LogP contribution >= 0.6 is 0 Å². The molecule has 4 rings (SSSR count). The summed E-state index contributed by atoms with van der Waals surface area (Å²) in [7, 11) is 0. The van der Waals surface area contributed by atoms with E-state index < -0.39 is 71.1 Å². The maximum Gasteiger partial charge on any atom is 0.197 e. The quantitative estimate of drug-likeness (QED) is 0.195. The van der Waals surface area contributed by atoms with E-state index in [-0.39, 0.29) is 22.3 Å². The van der Waals surface area contributed by atoms with Crippen LogP contribution in [0, 0.1) is 0 Å². The van der Waals surface area contributed by atoms with Gasteiger partial charge in [0.1, 0.15) is 47.4 Å². The van der Waals surface area contributed by atoms with Crippen molar-refractivity contribution in [2.75, 3.05) is 6.61 Å². The van der Waals surface area contributed by atoms with Gasteiger partial charge in [-0.3, -0.25) is 4.79 Å². The van der Waals surface area contributed by atoms with Crippen molar-refractivity contribution in [2.45, 2.75) is 30.5 Å². The summed E-state index contributed by atoms with van der Waals surface area (Å²) in [6.07, 6.45) is -7.88. The monoisotopic (exact) mass is 448 g/mol. The number of ether oxygens (including phenoxy) is 1. The van der Waals surface area contributed by atoms with E-state index in [0.29, 0.717) is 0 Å². The van der Waals surface area contributed by atoms with Crippen molar-refractivity contribution in [3.63, 3.8) is 0 Å². The van der Waals surface area contributed by atoms with Crippen LogP contribution in [0.3, 0.4) is 0 Å². The van der Waals surface area contributed by atoms with Crippen LogP contribution in [0.15, 0.2) is 39.5 Å². The minimum Gasteiger partial charge on any atom is -0.507 e. The molecule has 1 aliphatic rings. The highest BCUT2D eigenvalue weighted by molar-refractivity contribution is 5.90. The molecule has 170 valence electrons. The lowest BCUT2D eigenvalue weighted by Gasteiger charge is -2.40. The molecule has 2 heterocycles. The lowest BCUT2D eigenvalue weighted by molar-refractivity contribution is -0.232. The smallest absolute Gasteiger partial charge is 0.197 e. The molecule has 0 aliphatic carbocycles. The number of hydrogen-bond acceptors (Lipinski definition) is 11. The first-order chi connectivity index (χ1) is 15.1. The number of rotatable bonds is 3. The van der Waals surface area contributed by atoms with Crippen molar-refractivity contribution in [1.82, 2.24) is 0 Å². The first-order valence-electron chi connectivity index (χ1n) is 9.49. The second-order valence-corrected chi connectivity index (χ2v) is 7.47. The van der Waals surface area contributed by atoms with Gasteiger partial charge in [0.25, 0.3) is 0 Å². The van der Waals surface area contributed by atoms with Crippen LogP contribution in [0.25, 0.3) is 22.3 Å². The summed E-state index contributed by atoms with van der Waals surface area (Å²) in [6, 6.07) is 5.60. The van der Waals surface area contributed by atoms with Crippen molar-refractivity contribution in [2.24, 2.45) is 0 Å². The molecule has 11 heteroatoms. The van der Waals surface area contributed by atoms with Crippen LogP contribution in [0.1, 0.15) is 11.7 Å². The molecule has 1 aromatic heterocycles. The third kappa shape index (κ3) is 3.42. The predicted molar refractivity (Wildman–Crippen MR) is 107 cm³/mol. The molecule has 0 spiro atoms. The van der Waals surface area contributed by atoms with E-state index in [1.807, 2.05) is 0 Å². The molecular formula is C21H20O11. The van der Waals surface area contributed by atoms with Gasteiger partial charge in [0.05, 0.1) is 6.61 Å². The largest absolute Gasteiger partial charge is 0.507 e. The Hall–Kier alpha value is -3.35. The number of aromatic hydroxyl groups is 4. The Morgan fingerprint density at radius 1 is 0.844 bits per heavy atom. The van der Waals surface area contributed by atoms with Crippen molar-refractivity contribution >= 4 is 11.0 Å². The third-order valence-electron chi connectivity index (χ3n) is 5.44. The maximum absolute atomic E-state index is 12.6. The zero-order valence-corrected chi connectivity index (χ0v) is 16.3. The number of benzene rings is 2. The summed E-state index contributed by atoms with van der Waals surface area (Å²) in [5.41, 5.74) is -1.29. The summed E-state index contributed by atoms with van der Waals surface area (Å²) in [4.78, 5) is 12.6. The highest BCUT2D eigenvalue weighted by Crippen LogP contribution is 2.43. The number of hydrogen-bond donors (Lipinski definition) is 8. The van der Waals surface area contributed by atoms with E-state index in [1.54, 1.807) is 0 Å². The Kier molecular flexibility index (Phi) is 5.44. The Labute approximate surface area is 179 Å². The van der Waals surface area contributed by atoms with Gasteiger partial charge in [-0.15, -0.1) is 0 Å². The number of aliphatic hydroxyl groups excluding tert-OH is 4. The Morgan fingerprint density at radius 3 is 2.22 bits per heavy atom. The molecule has 11 nitrogen and oxygen atoms in total. The van der Waals surface area contributed by atoms with E-state index in [2.05, 4.69) is 0 Å². The van der Waals surface area contributed by atoms with Crippen LogP contribution in [0.5, 0.6) is 23.0 Å². The highest BCUT2D eigenvalue weighted by Gasteiger charge is 2.45. The van der Waals surface area contributed by atoms with Crippen LogP contribution in [0.4, 0.5) is 0 Å². The maximum atomic E-state index is 12.6. The van der Waals surface area contributed by atoms with Crippen molar-refractivity contribution < 1.29 is 50.0 Å². The van der Waals surface area contributed by atoms with Gasteiger partial charge in [-0.05, 0) is 24.3 Å². The number of phenolic OH excluding ortho intramolecular Hbond substituents is 4. The Morgan fingerprint density at radius 2 is 1.56 bits per heavy atom. The van der Waals surface area contributed by atoms with Gasteiger partial charge in [-0.25, -0.2) is 0 Å². The predicted octanol–water partition coefficient (Wildman–Crippen LogP) is -0.203. The van der Waals surface area contributed by atoms with Crippen LogP contribution in [-0.4, -0.2) is 71.9 Å². The zero-order chi connectivity index (χ0) is 23.3. The van der Waals surface area contributed by atoms with Gasteiger partial charge in [-0.1, -0.05) is 0 Å². The van der Waals surface area contributed by atoms with Crippen LogP contribution in [0.2, 0.25) is 0 Å². The molecule has 1 saturated heterocycles. The first kappa shape index (κ1) is 21.9. The summed E-state index contributed by atoms with van der Waals surface area (Å²) in [6.45, 7) is -0.703. The van der Waals surface area contributed by atoms with Gasteiger partial charge in [-0.2, -0.15) is 0 Å². The van der Waals surface area contributed by atoms with Gasteiger partial charge in [0.2, 0.25) is 0 Å². The molecule has 0 bridgehead atoms. The topological polar surface area (TPSA) is 201 Å². The van der Waals surface area contributed by atoms with Crippen molar-refractivity contribution in [3.05, 3.63) is 46.1 Å². The molecule has 32 heavy (non-hydrogen) atoms. The van der Waals surface area contributed by atoms with E-state index in [1.165, 1.54) is 6.07 Å². The molecule has 0 saturated carbocycles. The minimum absolute atomic E-state index is 0.113. The zero-order valence-electron chi connectivity index (χ0n) is 16.3. The van der Waals surface area contributed by atoms with E-state index >= 15 is 0 Å². The van der Waals surface area contributed by atoms with Crippen molar-refractivity contribution in [1.29, 1.82) is 0 Å². The SMILES string of the molecule is O=c1cc(-c2ccc(O)c(O)c2)oc2c(O)c(C3OC(CO)C(O)C(O)C3O)cc(O)c12. The normalized spacial score (nSPS) is 25.8. The molecule has 1 aliphatic heterocycles. The van der Waals surface area contributed by atoms with E-state index in [0.717, 1.165) is 24.3 Å². The molecule has 8 N–H and O–H groups in total. The third-order valence-corrected chi connectivity index (χ3v) is 5.44. The average Bonchev–Trinajstić information content (AvgIpc) is 2.76. The molecule has 0 radical (unpaired) electrons. The molecule has 5 atom stereocenters.